The van der Waals surface area contributed by atoms with Crippen LogP contribution in [0.15, 0.2) is 58.3 Å². The number of hydrogen-bond acceptors (Lipinski definition) is 2. The Labute approximate surface area is 105 Å². The van der Waals surface area contributed by atoms with Gasteiger partial charge in [-0.1, -0.05) is 30.3 Å². The molecule has 0 fully saturated rings. The first-order valence-corrected chi connectivity index (χ1v) is 5.98. The lowest BCUT2D eigenvalue weighted by Gasteiger charge is -2.06. The van der Waals surface area contributed by atoms with Crippen molar-refractivity contribution in [1.29, 1.82) is 0 Å². The van der Waals surface area contributed by atoms with E-state index in [-0.39, 0.29) is 0 Å². The van der Waals surface area contributed by atoms with Crippen molar-refractivity contribution < 1.29 is 0 Å². The second kappa shape index (κ2) is 3.72. The van der Waals surface area contributed by atoms with E-state index in [4.69, 9.17) is 0 Å². The van der Waals surface area contributed by atoms with Crippen LogP contribution in [0.4, 0.5) is 0 Å². The summed E-state index contributed by atoms with van der Waals surface area (Å²) in [5.74, 6) is 0. The fraction of sp³-hybridized carbons (Fsp3) is 0. The number of thiol groups is 2. The summed E-state index contributed by atoms with van der Waals surface area (Å²) < 4.78 is 0. The van der Waals surface area contributed by atoms with Gasteiger partial charge in [0.1, 0.15) is 0 Å². The van der Waals surface area contributed by atoms with Crippen molar-refractivity contribution in [2.45, 2.75) is 9.79 Å². The molecule has 0 bridgehead atoms. The third-order valence-corrected chi connectivity index (χ3v) is 3.87. The quantitative estimate of drug-likeness (QED) is 0.419. The SMILES string of the molecule is Sc1ccc2cc3ccccc3cc2c1S. The lowest BCUT2D eigenvalue weighted by atomic mass is 10.0. The molecule has 3 aromatic rings. The van der Waals surface area contributed by atoms with Crippen LogP contribution in [0, 0.1) is 0 Å². The molecule has 0 atom stereocenters. The van der Waals surface area contributed by atoms with Gasteiger partial charge >= 0.3 is 0 Å². The van der Waals surface area contributed by atoms with Crippen LogP contribution in [0.5, 0.6) is 0 Å². The zero-order chi connectivity index (χ0) is 11.1. The smallest absolute Gasteiger partial charge is 0.0253 e. The van der Waals surface area contributed by atoms with Gasteiger partial charge in [0.2, 0.25) is 0 Å². The summed E-state index contributed by atoms with van der Waals surface area (Å²) in [5.41, 5.74) is 0. The first-order valence-electron chi connectivity index (χ1n) is 5.09. The molecule has 0 nitrogen and oxygen atoms in total. The van der Waals surface area contributed by atoms with Gasteiger partial charge in [-0.05, 0) is 39.7 Å². The molecule has 16 heavy (non-hydrogen) atoms. The Bertz CT molecular complexity index is 687. The fourth-order valence-electron chi connectivity index (χ4n) is 1.99. The van der Waals surface area contributed by atoms with Gasteiger partial charge in [-0.25, -0.2) is 0 Å². The molecular weight excluding hydrogens is 232 g/mol. The van der Waals surface area contributed by atoms with Gasteiger partial charge in [-0.2, -0.15) is 0 Å². The van der Waals surface area contributed by atoms with E-state index < -0.39 is 0 Å². The normalized spacial score (nSPS) is 11.1. The molecule has 3 rings (SSSR count). The highest BCUT2D eigenvalue weighted by molar-refractivity contribution is 7.83. The molecule has 0 spiro atoms. The summed E-state index contributed by atoms with van der Waals surface area (Å²) in [5, 5.41) is 4.87. The molecule has 78 valence electrons. The van der Waals surface area contributed by atoms with Gasteiger partial charge in [0.05, 0.1) is 0 Å². The van der Waals surface area contributed by atoms with Crippen LogP contribution >= 0.6 is 25.3 Å². The summed E-state index contributed by atoms with van der Waals surface area (Å²) in [6, 6.07) is 16.8. The highest BCUT2D eigenvalue weighted by atomic mass is 32.1. The summed E-state index contributed by atoms with van der Waals surface area (Å²) in [6.45, 7) is 0. The van der Waals surface area contributed by atoms with Crippen LogP contribution in [0.3, 0.4) is 0 Å². The van der Waals surface area contributed by atoms with Gasteiger partial charge in [0.15, 0.2) is 0 Å². The molecular formula is C14H10S2. The van der Waals surface area contributed by atoms with E-state index in [2.05, 4.69) is 67.7 Å². The van der Waals surface area contributed by atoms with Crippen LogP contribution in [0.1, 0.15) is 0 Å². The Hall–Kier alpha value is -1.12. The molecule has 0 saturated heterocycles. The first-order chi connectivity index (χ1) is 7.75. The second-order valence-electron chi connectivity index (χ2n) is 3.85. The van der Waals surface area contributed by atoms with E-state index in [0.29, 0.717) is 0 Å². The Morgan fingerprint density at radius 2 is 1.38 bits per heavy atom. The number of rotatable bonds is 0. The topological polar surface area (TPSA) is 0 Å². The fourth-order valence-corrected chi connectivity index (χ4v) is 2.45. The van der Waals surface area contributed by atoms with E-state index >= 15 is 0 Å². The van der Waals surface area contributed by atoms with Crippen molar-refractivity contribution in [3.05, 3.63) is 48.5 Å². The van der Waals surface area contributed by atoms with E-state index in [1.54, 1.807) is 0 Å². The molecule has 0 amide bonds. The van der Waals surface area contributed by atoms with Crippen molar-refractivity contribution in [3.8, 4) is 0 Å². The number of fused-ring (bicyclic) bond motifs is 2. The summed E-state index contributed by atoms with van der Waals surface area (Å²) in [4.78, 5) is 1.87. The molecule has 0 saturated carbocycles. The molecule has 0 radical (unpaired) electrons. The molecule has 0 unspecified atom stereocenters. The van der Waals surface area contributed by atoms with Gasteiger partial charge in [-0.3, -0.25) is 0 Å². The second-order valence-corrected chi connectivity index (χ2v) is 4.78. The molecule has 0 aliphatic heterocycles. The van der Waals surface area contributed by atoms with Crippen LogP contribution in [0.25, 0.3) is 21.5 Å². The molecule has 2 heteroatoms. The van der Waals surface area contributed by atoms with E-state index in [1.807, 2.05) is 6.07 Å². The minimum absolute atomic E-state index is 0.922. The number of hydrogen-bond donors (Lipinski definition) is 2. The largest absolute Gasteiger partial charge is 0.142 e. The Morgan fingerprint density at radius 1 is 0.688 bits per heavy atom. The van der Waals surface area contributed by atoms with Crippen LogP contribution in [-0.4, -0.2) is 0 Å². The molecule has 0 aliphatic carbocycles. The number of benzene rings is 3. The summed E-state index contributed by atoms with van der Waals surface area (Å²) in [7, 11) is 0. The van der Waals surface area contributed by atoms with Crippen molar-refractivity contribution in [3.63, 3.8) is 0 Å². The molecule has 0 aliphatic rings. The Morgan fingerprint density at radius 3 is 2.12 bits per heavy atom. The third-order valence-electron chi connectivity index (χ3n) is 2.84. The van der Waals surface area contributed by atoms with Gasteiger partial charge in [0.25, 0.3) is 0 Å². The average Bonchev–Trinajstić information content (AvgIpc) is 2.32. The average molecular weight is 242 g/mol. The monoisotopic (exact) mass is 242 g/mol. The zero-order valence-corrected chi connectivity index (χ0v) is 10.3. The lowest BCUT2D eigenvalue weighted by molar-refractivity contribution is 1.33. The highest BCUT2D eigenvalue weighted by Gasteiger charge is 2.03. The summed E-state index contributed by atoms with van der Waals surface area (Å²) in [6.07, 6.45) is 0. The Kier molecular flexibility index (Phi) is 2.34. The van der Waals surface area contributed by atoms with Crippen molar-refractivity contribution in [2.75, 3.05) is 0 Å². The standard InChI is InChI=1S/C14H10S2/c15-13-6-5-11-7-9-3-1-2-4-10(9)8-12(11)14(13)16/h1-8,15-16H. The highest BCUT2D eigenvalue weighted by Crippen LogP contribution is 2.31. The maximum Gasteiger partial charge on any atom is 0.0253 e. The first kappa shape index (κ1) is 10.1. The molecule has 0 aromatic heterocycles. The molecule has 3 aromatic carbocycles. The van der Waals surface area contributed by atoms with Gasteiger partial charge in [-0.15, -0.1) is 25.3 Å². The Balaban J connectivity index is 2.51. The lowest BCUT2D eigenvalue weighted by Crippen LogP contribution is -1.79. The van der Waals surface area contributed by atoms with Crippen molar-refractivity contribution in [2.24, 2.45) is 0 Å². The van der Waals surface area contributed by atoms with E-state index in [9.17, 15) is 0 Å². The molecule has 0 N–H and O–H groups in total. The van der Waals surface area contributed by atoms with Gasteiger partial charge in [0, 0.05) is 9.79 Å². The van der Waals surface area contributed by atoms with Crippen LogP contribution < -0.4 is 0 Å². The summed E-state index contributed by atoms with van der Waals surface area (Å²) >= 11 is 8.90. The minimum Gasteiger partial charge on any atom is -0.142 e. The predicted molar refractivity (Wildman–Crippen MR) is 76.0 cm³/mol. The maximum atomic E-state index is 4.51. The van der Waals surface area contributed by atoms with E-state index in [0.717, 1.165) is 15.2 Å². The van der Waals surface area contributed by atoms with Crippen molar-refractivity contribution >= 4 is 46.8 Å². The van der Waals surface area contributed by atoms with Crippen LogP contribution in [0.2, 0.25) is 0 Å². The van der Waals surface area contributed by atoms with Crippen molar-refractivity contribution in [1.82, 2.24) is 0 Å². The third kappa shape index (κ3) is 1.49. The molecule has 0 heterocycles. The minimum atomic E-state index is 0.922. The zero-order valence-electron chi connectivity index (χ0n) is 8.51. The predicted octanol–water partition coefficient (Wildman–Crippen LogP) is 4.57. The maximum absolute atomic E-state index is 4.51. The van der Waals surface area contributed by atoms with Crippen LogP contribution in [-0.2, 0) is 0 Å². The van der Waals surface area contributed by atoms with Gasteiger partial charge < -0.3 is 0 Å². The van der Waals surface area contributed by atoms with E-state index in [1.165, 1.54) is 16.2 Å².